The highest BCUT2D eigenvalue weighted by molar-refractivity contribution is 7.22. The van der Waals surface area contributed by atoms with Gasteiger partial charge in [-0.25, -0.2) is 4.98 Å². The zero-order chi connectivity index (χ0) is 21.8. The van der Waals surface area contributed by atoms with E-state index in [0.29, 0.717) is 24.3 Å². The summed E-state index contributed by atoms with van der Waals surface area (Å²) in [5.41, 5.74) is 1.75. The monoisotopic (exact) mass is 459 g/mol. The molecule has 31 heavy (non-hydrogen) atoms. The molecule has 0 bridgehead atoms. The van der Waals surface area contributed by atoms with E-state index in [9.17, 15) is 4.79 Å². The van der Waals surface area contributed by atoms with E-state index in [2.05, 4.69) is 17.1 Å². The highest BCUT2D eigenvalue weighted by Crippen LogP contribution is 2.34. The van der Waals surface area contributed by atoms with Gasteiger partial charge in [-0.1, -0.05) is 35.1 Å². The summed E-state index contributed by atoms with van der Waals surface area (Å²) in [7, 11) is 0. The topological polar surface area (TPSA) is 74.7 Å². The number of carboxylic acid groups (broad SMARTS) is 1. The number of rotatable bonds is 9. The maximum absolute atomic E-state index is 10.9. The molecule has 3 aromatic rings. The number of anilines is 1. The van der Waals surface area contributed by atoms with Crippen LogP contribution >= 0.6 is 22.9 Å². The number of thiazole rings is 1. The van der Waals surface area contributed by atoms with Gasteiger partial charge < -0.3 is 20.1 Å². The largest absolute Gasteiger partial charge is 0.492 e. The average molecular weight is 460 g/mol. The first-order valence-corrected chi connectivity index (χ1v) is 11.7. The molecule has 0 saturated carbocycles. The molecular weight excluding hydrogens is 434 g/mol. The Kier molecular flexibility index (Phi) is 6.95. The first-order valence-electron chi connectivity index (χ1n) is 10.5. The molecule has 4 rings (SSSR count). The lowest BCUT2D eigenvalue weighted by Gasteiger charge is -2.21. The second-order valence-corrected chi connectivity index (χ2v) is 9.36. The number of nitrogens with one attached hydrogen (secondary N) is 1. The molecule has 2 N–H and O–H groups in total. The SMILES string of the molecule is CC(NCCOc1cccc(CC(=O)O)c1)C1CCN(c2nc3ccc(Cl)cc3s2)C1. The van der Waals surface area contributed by atoms with Gasteiger partial charge in [0.1, 0.15) is 12.4 Å². The van der Waals surface area contributed by atoms with E-state index in [4.69, 9.17) is 26.4 Å². The summed E-state index contributed by atoms with van der Waals surface area (Å²) in [5.74, 6) is 0.415. The number of fused-ring (bicyclic) bond motifs is 1. The number of hydrogen-bond acceptors (Lipinski definition) is 6. The Hall–Kier alpha value is -2.35. The summed E-state index contributed by atoms with van der Waals surface area (Å²) < 4.78 is 6.92. The molecule has 164 valence electrons. The third kappa shape index (κ3) is 5.67. The summed E-state index contributed by atoms with van der Waals surface area (Å²) >= 11 is 7.80. The first kappa shape index (κ1) is 21.9. The van der Waals surface area contributed by atoms with E-state index in [1.165, 1.54) is 0 Å². The second kappa shape index (κ2) is 9.85. The van der Waals surface area contributed by atoms with Crippen molar-refractivity contribution in [2.75, 3.05) is 31.1 Å². The molecule has 2 unspecified atom stereocenters. The minimum Gasteiger partial charge on any atom is -0.492 e. The fourth-order valence-electron chi connectivity index (χ4n) is 3.93. The Morgan fingerprint density at radius 3 is 3.10 bits per heavy atom. The smallest absolute Gasteiger partial charge is 0.307 e. The summed E-state index contributed by atoms with van der Waals surface area (Å²) in [6.45, 7) is 5.49. The van der Waals surface area contributed by atoms with Crippen LogP contribution in [0.2, 0.25) is 5.02 Å². The Morgan fingerprint density at radius 1 is 1.39 bits per heavy atom. The number of carbonyl (C=O) groups is 1. The number of carboxylic acids is 1. The summed E-state index contributed by atoms with van der Waals surface area (Å²) in [6.07, 6.45) is 1.13. The van der Waals surface area contributed by atoms with Crippen molar-refractivity contribution in [2.24, 2.45) is 5.92 Å². The lowest BCUT2D eigenvalue weighted by Crippen LogP contribution is -2.37. The molecule has 1 fully saturated rings. The standard InChI is InChI=1S/C23H26ClN3O3S/c1-15(25-8-10-30-19-4-2-3-16(11-19)12-22(28)29)17-7-9-27(14-17)23-26-20-6-5-18(24)13-21(20)31-23/h2-6,11,13,15,17,25H,7-10,12,14H2,1H3,(H,28,29). The van der Waals surface area contributed by atoms with Crippen LogP contribution in [0.3, 0.4) is 0 Å². The van der Waals surface area contributed by atoms with Gasteiger partial charge in [0.2, 0.25) is 0 Å². The summed E-state index contributed by atoms with van der Waals surface area (Å²) in [5, 5.41) is 14.3. The quantitative estimate of drug-likeness (QED) is 0.460. The first-order chi connectivity index (χ1) is 15.0. The lowest BCUT2D eigenvalue weighted by molar-refractivity contribution is -0.136. The molecule has 6 nitrogen and oxygen atoms in total. The molecule has 2 aromatic carbocycles. The van der Waals surface area contributed by atoms with Crippen molar-refractivity contribution >= 4 is 44.3 Å². The number of hydrogen-bond donors (Lipinski definition) is 2. The van der Waals surface area contributed by atoms with Crippen LogP contribution in [-0.2, 0) is 11.2 Å². The average Bonchev–Trinajstić information content (AvgIpc) is 3.37. The maximum atomic E-state index is 10.9. The van der Waals surface area contributed by atoms with Crippen LogP contribution in [0, 0.1) is 5.92 Å². The number of ether oxygens (including phenoxy) is 1. The Balaban J connectivity index is 1.23. The van der Waals surface area contributed by atoms with Gasteiger partial charge in [-0.05, 0) is 55.2 Å². The van der Waals surface area contributed by atoms with Crippen molar-refractivity contribution in [3.63, 3.8) is 0 Å². The van der Waals surface area contributed by atoms with Crippen LogP contribution in [0.4, 0.5) is 5.13 Å². The van der Waals surface area contributed by atoms with Crippen molar-refractivity contribution in [1.29, 1.82) is 0 Å². The van der Waals surface area contributed by atoms with Gasteiger partial charge in [0.15, 0.2) is 5.13 Å². The van der Waals surface area contributed by atoms with Crippen molar-refractivity contribution in [1.82, 2.24) is 10.3 Å². The zero-order valence-electron chi connectivity index (χ0n) is 17.4. The third-order valence-corrected chi connectivity index (χ3v) is 6.95. The van der Waals surface area contributed by atoms with E-state index >= 15 is 0 Å². The summed E-state index contributed by atoms with van der Waals surface area (Å²) in [4.78, 5) is 18.0. The molecule has 0 amide bonds. The second-order valence-electron chi connectivity index (χ2n) is 7.91. The number of nitrogens with zero attached hydrogens (tertiary/aromatic N) is 2. The van der Waals surface area contributed by atoms with Gasteiger partial charge in [-0.15, -0.1) is 0 Å². The van der Waals surface area contributed by atoms with Gasteiger partial charge in [-0.3, -0.25) is 4.79 Å². The van der Waals surface area contributed by atoms with Crippen LogP contribution in [0.25, 0.3) is 10.2 Å². The third-order valence-electron chi connectivity index (χ3n) is 5.63. The van der Waals surface area contributed by atoms with Crippen LogP contribution in [-0.4, -0.2) is 48.3 Å². The maximum Gasteiger partial charge on any atom is 0.307 e. The minimum atomic E-state index is -0.840. The highest BCUT2D eigenvalue weighted by atomic mass is 35.5. The van der Waals surface area contributed by atoms with Crippen molar-refractivity contribution in [3.05, 3.63) is 53.1 Å². The van der Waals surface area contributed by atoms with Gasteiger partial charge in [0.25, 0.3) is 0 Å². The van der Waals surface area contributed by atoms with E-state index in [-0.39, 0.29) is 6.42 Å². The van der Waals surface area contributed by atoms with E-state index in [1.807, 2.05) is 30.3 Å². The molecule has 8 heteroatoms. The molecule has 0 radical (unpaired) electrons. The van der Waals surface area contributed by atoms with Gasteiger partial charge in [-0.2, -0.15) is 0 Å². The minimum absolute atomic E-state index is 0.00631. The van der Waals surface area contributed by atoms with Crippen molar-refractivity contribution in [2.45, 2.75) is 25.8 Å². The molecule has 1 saturated heterocycles. The van der Waals surface area contributed by atoms with Gasteiger partial charge >= 0.3 is 5.97 Å². The molecule has 2 heterocycles. The van der Waals surface area contributed by atoms with Crippen LogP contribution in [0.1, 0.15) is 18.9 Å². The number of benzene rings is 2. The fraction of sp³-hybridized carbons (Fsp3) is 0.391. The Labute approximate surface area is 190 Å². The molecule has 1 aromatic heterocycles. The van der Waals surface area contributed by atoms with Crippen LogP contribution in [0.5, 0.6) is 5.75 Å². The lowest BCUT2D eigenvalue weighted by atomic mass is 10.0. The molecular formula is C23H26ClN3O3S. The molecule has 1 aliphatic rings. The van der Waals surface area contributed by atoms with Gasteiger partial charge in [0, 0.05) is 30.7 Å². The predicted octanol–water partition coefficient (Wildman–Crippen LogP) is 4.46. The molecule has 0 aliphatic carbocycles. The van der Waals surface area contributed by atoms with Crippen LogP contribution < -0.4 is 15.0 Å². The summed E-state index contributed by atoms with van der Waals surface area (Å²) in [6, 6.07) is 13.5. The number of aromatic nitrogens is 1. The van der Waals surface area contributed by atoms with Crippen molar-refractivity contribution < 1.29 is 14.6 Å². The zero-order valence-corrected chi connectivity index (χ0v) is 19.0. The van der Waals surface area contributed by atoms with E-state index in [1.54, 1.807) is 23.5 Å². The predicted molar refractivity (Wildman–Crippen MR) is 126 cm³/mol. The van der Waals surface area contributed by atoms with E-state index < -0.39 is 5.97 Å². The molecule has 1 aliphatic heterocycles. The van der Waals surface area contributed by atoms with Crippen molar-refractivity contribution in [3.8, 4) is 5.75 Å². The Morgan fingerprint density at radius 2 is 2.26 bits per heavy atom. The van der Waals surface area contributed by atoms with Gasteiger partial charge in [0.05, 0.1) is 16.6 Å². The highest BCUT2D eigenvalue weighted by Gasteiger charge is 2.28. The molecule has 2 atom stereocenters. The van der Waals surface area contributed by atoms with E-state index in [0.717, 1.165) is 52.0 Å². The number of aliphatic carboxylic acids is 1. The van der Waals surface area contributed by atoms with Crippen LogP contribution in [0.15, 0.2) is 42.5 Å². The number of halogens is 1. The fourth-order valence-corrected chi connectivity index (χ4v) is 5.21. The molecule has 0 spiro atoms. The normalized spacial score (nSPS) is 17.2. The Bertz CT molecular complexity index is 1060.